The second-order valence-corrected chi connectivity index (χ2v) is 6.20. The molecule has 1 aliphatic rings. The predicted octanol–water partition coefficient (Wildman–Crippen LogP) is 2.28. The number of ether oxygens (including phenoxy) is 1. The van der Waals surface area contributed by atoms with Crippen LogP contribution in [-0.4, -0.2) is 54.5 Å². The SMILES string of the molecule is CCOC(=O)c1ccc(N2CCN(C(=O)c3ccsc3)CC2)nc1. The Hall–Kier alpha value is -2.41. The first kappa shape index (κ1) is 16.4. The topological polar surface area (TPSA) is 62.7 Å². The van der Waals surface area contributed by atoms with Gasteiger partial charge in [-0.05, 0) is 30.5 Å². The van der Waals surface area contributed by atoms with Gasteiger partial charge in [0, 0.05) is 37.8 Å². The second-order valence-electron chi connectivity index (χ2n) is 5.42. The van der Waals surface area contributed by atoms with Crippen LogP contribution in [0.2, 0.25) is 0 Å². The molecule has 0 spiro atoms. The number of esters is 1. The molecule has 24 heavy (non-hydrogen) atoms. The van der Waals surface area contributed by atoms with Gasteiger partial charge >= 0.3 is 5.97 Å². The number of thiophene rings is 1. The monoisotopic (exact) mass is 345 g/mol. The molecule has 0 aromatic carbocycles. The van der Waals surface area contributed by atoms with Crippen molar-refractivity contribution in [3.63, 3.8) is 0 Å². The van der Waals surface area contributed by atoms with E-state index in [4.69, 9.17) is 4.74 Å². The van der Waals surface area contributed by atoms with Crippen molar-refractivity contribution in [3.8, 4) is 0 Å². The lowest BCUT2D eigenvalue weighted by Gasteiger charge is -2.35. The van der Waals surface area contributed by atoms with Crippen LogP contribution < -0.4 is 4.90 Å². The molecule has 3 heterocycles. The Kier molecular flexibility index (Phi) is 5.10. The van der Waals surface area contributed by atoms with Crippen molar-refractivity contribution < 1.29 is 14.3 Å². The van der Waals surface area contributed by atoms with Crippen molar-refractivity contribution in [1.82, 2.24) is 9.88 Å². The molecule has 0 N–H and O–H groups in total. The van der Waals surface area contributed by atoms with Crippen LogP contribution in [0.15, 0.2) is 35.2 Å². The van der Waals surface area contributed by atoms with E-state index in [0.29, 0.717) is 25.3 Å². The summed E-state index contributed by atoms with van der Waals surface area (Å²) in [6.07, 6.45) is 1.54. The summed E-state index contributed by atoms with van der Waals surface area (Å²) in [7, 11) is 0. The Labute approximate surface area is 144 Å². The van der Waals surface area contributed by atoms with Gasteiger partial charge in [-0.3, -0.25) is 4.79 Å². The first-order chi connectivity index (χ1) is 11.7. The van der Waals surface area contributed by atoms with Crippen LogP contribution in [0.1, 0.15) is 27.6 Å². The Bertz CT molecular complexity index is 692. The van der Waals surface area contributed by atoms with Crippen LogP contribution in [0.25, 0.3) is 0 Å². The molecule has 126 valence electrons. The van der Waals surface area contributed by atoms with Crippen LogP contribution >= 0.6 is 11.3 Å². The highest BCUT2D eigenvalue weighted by Crippen LogP contribution is 2.17. The minimum atomic E-state index is -0.359. The molecule has 0 radical (unpaired) electrons. The third kappa shape index (κ3) is 3.56. The molecule has 7 heteroatoms. The fourth-order valence-electron chi connectivity index (χ4n) is 2.62. The zero-order chi connectivity index (χ0) is 16.9. The third-order valence-electron chi connectivity index (χ3n) is 3.92. The number of carbonyl (C=O) groups is 2. The molecule has 6 nitrogen and oxygen atoms in total. The van der Waals surface area contributed by atoms with E-state index in [1.54, 1.807) is 13.0 Å². The van der Waals surface area contributed by atoms with Crippen molar-refractivity contribution in [2.45, 2.75) is 6.92 Å². The van der Waals surface area contributed by atoms with E-state index in [0.717, 1.165) is 24.5 Å². The molecule has 0 unspecified atom stereocenters. The maximum atomic E-state index is 12.3. The van der Waals surface area contributed by atoms with Gasteiger partial charge in [-0.2, -0.15) is 11.3 Å². The van der Waals surface area contributed by atoms with Gasteiger partial charge in [-0.15, -0.1) is 0 Å². The number of rotatable bonds is 4. The number of anilines is 1. The molecule has 2 aromatic rings. The van der Waals surface area contributed by atoms with Crippen molar-refractivity contribution in [2.24, 2.45) is 0 Å². The van der Waals surface area contributed by atoms with E-state index >= 15 is 0 Å². The fraction of sp³-hybridized carbons (Fsp3) is 0.353. The molecule has 0 bridgehead atoms. The number of aromatic nitrogens is 1. The first-order valence-corrected chi connectivity index (χ1v) is 8.83. The molecule has 0 atom stereocenters. The number of nitrogens with zero attached hydrogens (tertiary/aromatic N) is 3. The largest absolute Gasteiger partial charge is 0.462 e. The van der Waals surface area contributed by atoms with E-state index in [2.05, 4.69) is 9.88 Å². The summed E-state index contributed by atoms with van der Waals surface area (Å²) in [5.74, 6) is 0.537. The van der Waals surface area contributed by atoms with E-state index in [1.807, 2.05) is 27.8 Å². The maximum Gasteiger partial charge on any atom is 0.339 e. The van der Waals surface area contributed by atoms with E-state index in [1.165, 1.54) is 17.5 Å². The van der Waals surface area contributed by atoms with E-state index in [-0.39, 0.29) is 11.9 Å². The van der Waals surface area contributed by atoms with Crippen LogP contribution in [0.3, 0.4) is 0 Å². The number of carbonyl (C=O) groups excluding carboxylic acids is 2. The zero-order valence-corrected chi connectivity index (χ0v) is 14.3. The normalized spacial score (nSPS) is 14.5. The molecule has 1 aliphatic heterocycles. The van der Waals surface area contributed by atoms with Gasteiger partial charge in [0.2, 0.25) is 0 Å². The van der Waals surface area contributed by atoms with Gasteiger partial charge in [0.1, 0.15) is 5.82 Å². The summed E-state index contributed by atoms with van der Waals surface area (Å²) in [4.78, 5) is 32.3. The Balaban J connectivity index is 1.58. The number of hydrogen-bond donors (Lipinski definition) is 0. The van der Waals surface area contributed by atoms with Crippen molar-refractivity contribution in [2.75, 3.05) is 37.7 Å². The average Bonchev–Trinajstić information content (AvgIpc) is 3.16. The highest BCUT2D eigenvalue weighted by atomic mass is 32.1. The number of amides is 1. The summed E-state index contributed by atoms with van der Waals surface area (Å²) in [5.41, 5.74) is 1.21. The van der Waals surface area contributed by atoms with Crippen LogP contribution in [-0.2, 0) is 4.74 Å². The Morgan fingerprint density at radius 3 is 2.54 bits per heavy atom. The molecule has 0 aliphatic carbocycles. The van der Waals surface area contributed by atoms with Gasteiger partial charge in [0.05, 0.1) is 17.7 Å². The van der Waals surface area contributed by atoms with Gasteiger partial charge in [-0.1, -0.05) is 0 Å². The molecule has 3 rings (SSSR count). The Morgan fingerprint density at radius 1 is 1.17 bits per heavy atom. The summed E-state index contributed by atoms with van der Waals surface area (Å²) in [6, 6.07) is 5.40. The lowest BCUT2D eigenvalue weighted by Crippen LogP contribution is -2.49. The summed E-state index contributed by atoms with van der Waals surface area (Å²) < 4.78 is 4.95. The summed E-state index contributed by atoms with van der Waals surface area (Å²) in [5, 5.41) is 3.79. The summed E-state index contributed by atoms with van der Waals surface area (Å²) >= 11 is 1.53. The molecule has 1 saturated heterocycles. The lowest BCUT2D eigenvalue weighted by atomic mass is 10.2. The van der Waals surface area contributed by atoms with Crippen molar-refractivity contribution in [3.05, 3.63) is 46.3 Å². The number of piperazine rings is 1. The zero-order valence-electron chi connectivity index (χ0n) is 13.5. The number of pyridine rings is 1. The fourth-order valence-corrected chi connectivity index (χ4v) is 3.25. The molecule has 1 fully saturated rings. The van der Waals surface area contributed by atoms with Crippen LogP contribution in [0.5, 0.6) is 0 Å². The summed E-state index contributed by atoms with van der Waals surface area (Å²) in [6.45, 7) is 4.90. The van der Waals surface area contributed by atoms with Crippen LogP contribution in [0.4, 0.5) is 5.82 Å². The Morgan fingerprint density at radius 2 is 1.96 bits per heavy atom. The van der Waals surface area contributed by atoms with Gasteiger partial charge in [0.25, 0.3) is 5.91 Å². The van der Waals surface area contributed by atoms with E-state index in [9.17, 15) is 9.59 Å². The van der Waals surface area contributed by atoms with Crippen molar-refractivity contribution in [1.29, 1.82) is 0 Å². The van der Waals surface area contributed by atoms with Gasteiger partial charge < -0.3 is 14.5 Å². The smallest absolute Gasteiger partial charge is 0.339 e. The minimum Gasteiger partial charge on any atom is -0.462 e. The minimum absolute atomic E-state index is 0.0847. The predicted molar refractivity (Wildman–Crippen MR) is 92.6 cm³/mol. The van der Waals surface area contributed by atoms with Gasteiger partial charge in [0.15, 0.2) is 0 Å². The number of hydrogen-bond acceptors (Lipinski definition) is 6. The molecule has 1 amide bonds. The van der Waals surface area contributed by atoms with E-state index < -0.39 is 0 Å². The van der Waals surface area contributed by atoms with Gasteiger partial charge in [-0.25, -0.2) is 9.78 Å². The second kappa shape index (κ2) is 7.44. The molecule has 0 saturated carbocycles. The highest BCUT2D eigenvalue weighted by Gasteiger charge is 2.23. The molecule has 2 aromatic heterocycles. The first-order valence-electron chi connectivity index (χ1n) is 7.88. The molecular formula is C17H19N3O3S. The highest BCUT2D eigenvalue weighted by molar-refractivity contribution is 7.08. The lowest BCUT2D eigenvalue weighted by molar-refractivity contribution is 0.0525. The maximum absolute atomic E-state index is 12.3. The molecular weight excluding hydrogens is 326 g/mol. The average molecular weight is 345 g/mol. The van der Waals surface area contributed by atoms with Crippen molar-refractivity contribution >= 4 is 29.0 Å². The quantitative estimate of drug-likeness (QED) is 0.796. The third-order valence-corrected chi connectivity index (χ3v) is 4.60. The van der Waals surface area contributed by atoms with Crippen LogP contribution in [0, 0.1) is 0 Å². The standard InChI is InChI=1S/C17H19N3O3S/c1-2-23-17(22)13-3-4-15(18-11-13)19-6-8-20(9-7-19)16(21)14-5-10-24-12-14/h3-5,10-12H,2,6-9H2,1H3.